The molecule has 3 N–H and O–H groups in total. The Hall–Kier alpha value is -1.36. The number of anilines is 2. The van der Waals surface area contributed by atoms with E-state index in [1.807, 2.05) is 13.0 Å². The molecule has 5 nitrogen and oxygen atoms in total. The molecule has 2 heterocycles. The molecule has 100 valence electrons. The van der Waals surface area contributed by atoms with Crippen molar-refractivity contribution >= 4 is 11.6 Å². The highest BCUT2D eigenvalue weighted by molar-refractivity contribution is 5.48. The Morgan fingerprint density at radius 3 is 2.72 bits per heavy atom. The summed E-state index contributed by atoms with van der Waals surface area (Å²) >= 11 is 0. The third-order valence-electron chi connectivity index (χ3n) is 3.06. The van der Waals surface area contributed by atoms with Crippen molar-refractivity contribution in [1.82, 2.24) is 15.3 Å². The van der Waals surface area contributed by atoms with Gasteiger partial charge < -0.3 is 16.0 Å². The predicted molar refractivity (Wildman–Crippen MR) is 75.1 cm³/mol. The molecule has 1 aliphatic heterocycles. The summed E-state index contributed by atoms with van der Waals surface area (Å²) < 4.78 is 0. The normalized spacial score (nSPS) is 15.2. The Balaban J connectivity index is 1.88. The Morgan fingerprint density at radius 2 is 2.06 bits per heavy atom. The zero-order chi connectivity index (χ0) is 12.8. The Kier molecular flexibility index (Phi) is 4.75. The molecule has 1 fully saturated rings. The van der Waals surface area contributed by atoms with Gasteiger partial charge in [-0.1, -0.05) is 19.8 Å². The third kappa shape index (κ3) is 3.84. The smallest absolute Gasteiger partial charge is 0.132 e. The second kappa shape index (κ2) is 6.54. The van der Waals surface area contributed by atoms with Gasteiger partial charge in [-0.3, -0.25) is 0 Å². The van der Waals surface area contributed by atoms with Crippen LogP contribution in [0.5, 0.6) is 0 Å². The molecule has 0 aromatic carbocycles. The van der Waals surface area contributed by atoms with Crippen LogP contribution in [0.15, 0.2) is 6.07 Å². The van der Waals surface area contributed by atoms with E-state index in [0.29, 0.717) is 6.04 Å². The van der Waals surface area contributed by atoms with Crippen LogP contribution in [0.1, 0.15) is 32.0 Å². The van der Waals surface area contributed by atoms with Gasteiger partial charge in [0, 0.05) is 25.7 Å². The fourth-order valence-corrected chi connectivity index (χ4v) is 1.92. The maximum atomic E-state index is 4.41. The number of hydrogen-bond donors (Lipinski definition) is 3. The quantitative estimate of drug-likeness (QED) is 0.643. The van der Waals surface area contributed by atoms with Gasteiger partial charge in [0.15, 0.2) is 0 Å². The van der Waals surface area contributed by atoms with Crippen LogP contribution in [0.3, 0.4) is 0 Å². The second-order valence-electron chi connectivity index (χ2n) is 4.82. The first-order valence-electron chi connectivity index (χ1n) is 6.84. The van der Waals surface area contributed by atoms with Crippen molar-refractivity contribution in [3.8, 4) is 0 Å². The Bertz CT molecular complexity index is 376. The summed E-state index contributed by atoms with van der Waals surface area (Å²) in [5.41, 5.74) is 0. The standard InChI is InChI=1S/C13H23N5/c1-3-4-5-6-15-12-7-13(17-10(2)16-12)18-11-8-14-9-11/h7,11,14H,3-6,8-9H2,1-2H3,(H2,15,16,17,18). The van der Waals surface area contributed by atoms with Crippen LogP contribution in [-0.2, 0) is 0 Å². The molecule has 18 heavy (non-hydrogen) atoms. The minimum atomic E-state index is 0.507. The van der Waals surface area contributed by atoms with Gasteiger partial charge in [-0.15, -0.1) is 0 Å². The maximum absolute atomic E-state index is 4.41. The lowest BCUT2D eigenvalue weighted by Crippen LogP contribution is -2.51. The monoisotopic (exact) mass is 249 g/mol. The molecule has 0 saturated carbocycles. The summed E-state index contributed by atoms with van der Waals surface area (Å²) in [5, 5.41) is 10.0. The highest BCUT2D eigenvalue weighted by atomic mass is 15.1. The van der Waals surface area contributed by atoms with Crippen molar-refractivity contribution in [1.29, 1.82) is 0 Å². The van der Waals surface area contributed by atoms with E-state index >= 15 is 0 Å². The lowest BCUT2D eigenvalue weighted by atomic mass is 10.2. The van der Waals surface area contributed by atoms with E-state index in [9.17, 15) is 0 Å². The molecule has 0 atom stereocenters. The molecule has 0 bridgehead atoms. The first kappa shape index (κ1) is 13.1. The van der Waals surface area contributed by atoms with E-state index in [2.05, 4.69) is 32.8 Å². The molecule has 1 saturated heterocycles. The lowest BCUT2D eigenvalue weighted by Gasteiger charge is -2.28. The number of aryl methyl sites for hydroxylation is 1. The van der Waals surface area contributed by atoms with Gasteiger partial charge in [-0.05, 0) is 13.3 Å². The number of rotatable bonds is 7. The predicted octanol–water partition coefficient (Wildman–Crippen LogP) is 1.77. The van der Waals surface area contributed by atoms with E-state index in [-0.39, 0.29) is 0 Å². The van der Waals surface area contributed by atoms with Gasteiger partial charge in [-0.25, -0.2) is 9.97 Å². The number of unbranched alkanes of at least 4 members (excludes halogenated alkanes) is 2. The van der Waals surface area contributed by atoms with E-state index in [0.717, 1.165) is 37.1 Å². The average molecular weight is 249 g/mol. The molecule has 0 aliphatic carbocycles. The molecule has 0 spiro atoms. The van der Waals surface area contributed by atoms with Gasteiger partial charge in [-0.2, -0.15) is 0 Å². The number of aromatic nitrogens is 2. The van der Waals surface area contributed by atoms with Crippen molar-refractivity contribution in [2.75, 3.05) is 30.3 Å². The highest BCUT2D eigenvalue weighted by Crippen LogP contribution is 2.13. The Morgan fingerprint density at radius 1 is 1.28 bits per heavy atom. The van der Waals surface area contributed by atoms with E-state index in [1.165, 1.54) is 19.3 Å². The van der Waals surface area contributed by atoms with Crippen molar-refractivity contribution < 1.29 is 0 Å². The number of nitrogens with zero attached hydrogens (tertiary/aromatic N) is 2. The van der Waals surface area contributed by atoms with E-state index in [1.54, 1.807) is 0 Å². The zero-order valence-electron chi connectivity index (χ0n) is 11.3. The topological polar surface area (TPSA) is 61.9 Å². The van der Waals surface area contributed by atoms with Crippen LogP contribution >= 0.6 is 0 Å². The molecular weight excluding hydrogens is 226 g/mol. The first-order chi connectivity index (χ1) is 8.78. The average Bonchev–Trinajstić information content (AvgIpc) is 2.29. The van der Waals surface area contributed by atoms with Crippen molar-refractivity contribution in [3.05, 3.63) is 11.9 Å². The van der Waals surface area contributed by atoms with Crippen LogP contribution in [0.25, 0.3) is 0 Å². The molecule has 2 rings (SSSR count). The molecule has 0 amide bonds. The van der Waals surface area contributed by atoms with Gasteiger partial charge in [0.25, 0.3) is 0 Å². The third-order valence-corrected chi connectivity index (χ3v) is 3.06. The molecule has 5 heteroatoms. The summed E-state index contributed by atoms with van der Waals surface area (Å²) in [7, 11) is 0. The summed E-state index contributed by atoms with van der Waals surface area (Å²) in [6.07, 6.45) is 3.69. The minimum Gasteiger partial charge on any atom is -0.370 e. The van der Waals surface area contributed by atoms with Crippen molar-refractivity contribution in [2.24, 2.45) is 0 Å². The van der Waals surface area contributed by atoms with Crippen molar-refractivity contribution in [3.63, 3.8) is 0 Å². The number of hydrogen-bond acceptors (Lipinski definition) is 5. The van der Waals surface area contributed by atoms with Crippen LogP contribution in [0, 0.1) is 6.92 Å². The van der Waals surface area contributed by atoms with E-state index < -0.39 is 0 Å². The van der Waals surface area contributed by atoms with Crippen molar-refractivity contribution in [2.45, 2.75) is 39.2 Å². The van der Waals surface area contributed by atoms with Gasteiger partial charge in [0.2, 0.25) is 0 Å². The highest BCUT2D eigenvalue weighted by Gasteiger charge is 2.16. The van der Waals surface area contributed by atoms with Crippen LogP contribution in [0.4, 0.5) is 11.6 Å². The lowest BCUT2D eigenvalue weighted by molar-refractivity contribution is 0.471. The summed E-state index contributed by atoms with van der Waals surface area (Å²) in [5.74, 6) is 2.66. The fraction of sp³-hybridized carbons (Fsp3) is 0.692. The zero-order valence-corrected chi connectivity index (χ0v) is 11.3. The van der Waals surface area contributed by atoms with Crippen LogP contribution in [-0.4, -0.2) is 35.6 Å². The van der Waals surface area contributed by atoms with Crippen LogP contribution in [0.2, 0.25) is 0 Å². The molecule has 1 aromatic heterocycles. The van der Waals surface area contributed by atoms with Crippen LogP contribution < -0.4 is 16.0 Å². The van der Waals surface area contributed by atoms with Gasteiger partial charge in [0.1, 0.15) is 17.5 Å². The van der Waals surface area contributed by atoms with E-state index in [4.69, 9.17) is 0 Å². The van der Waals surface area contributed by atoms with Gasteiger partial charge >= 0.3 is 0 Å². The summed E-state index contributed by atoms with van der Waals surface area (Å²) in [4.78, 5) is 8.81. The maximum Gasteiger partial charge on any atom is 0.132 e. The minimum absolute atomic E-state index is 0.507. The summed E-state index contributed by atoms with van der Waals surface area (Å²) in [6, 6.07) is 2.50. The molecule has 0 radical (unpaired) electrons. The first-order valence-corrected chi connectivity index (χ1v) is 6.84. The fourth-order valence-electron chi connectivity index (χ4n) is 1.92. The SMILES string of the molecule is CCCCCNc1cc(NC2CNC2)nc(C)n1. The number of nitrogens with one attached hydrogen (secondary N) is 3. The molecular formula is C13H23N5. The molecule has 1 aliphatic rings. The molecule has 1 aromatic rings. The summed E-state index contributed by atoms with van der Waals surface area (Å²) in [6.45, 7) is 7.16. The molecule has 0 unspecified atom stereocenters. The van der Waals surface area contributed by atoms with Gasteiger partial charge in [0.05, 0.1) is 6.04 Å². The second-order valence-corrected chi connectivity index (χ2v) is 4.82. The largest absolute Gasteiger partial charge is 0.370 e. The Labute approximate surface area is 109 Å².